The van der Waals surface area contributed by atoms with Crippen molar-refractivity contribution < 1.29 is 17.5 Å². The van der Waals surface area contributed by atoms with Gasteiger partial charge in [0, 0.05) is 24.0 Å². The van der Waals surface area contributed by atoms with Gasteiger partial charge in [-0.25, -0.2) is 17.8 Å². The van der Waals surface area contributed by atoms with Gasteiger partial charge in [0.15, 0.2) is 0 Å². The minimum Gasteiger partial charge on any atom is -0.487 e. The number of halogens is 1. The van der Waals surface area contributed by atoms with Crippen molar-refractivity contribution in [1.82, 2.24) is 14.7 Å². The van der Waals surface area contributed by atoms with Crippen LogP contribution in [-0.2, 0) is 10.0 Å². The summed E-state index contributed by atoms with van der Waals surface area (Å²) in [7, 11) is -3.89. The molecule has 0 aliphatic carbocycles. The van der Waals surface area contributed by atoms with Crippen LogP contribution in [0.4, 0.5) is 9.52 Å². The van der Waals surface area contributed by atoms with Crippen LogP contribution in [0.2, 0.25) is 0 Å². The van der Waals surface area contributed by atoms with Crippen molar-refractivity contribution in [2.24, 2.45) is 0 Å². The molecule has 0 unspecified atom stereocenters. The SMILES string of the molecule is O=S(=O)(Nc1ncns1)c1ccccc1O[C@@H]1CNCC[C@H]1c1ccc(F)cc1. The average Bonchev–Trinajstić information content (AvgIpc) is 3.22. The van der Waals surface area contributed by atoms with E-state index in [0.29, 0.717) is 6.54 Å². The molecule has 2 atom stereocenters. The van der Waals surface area contributed by atoms with Crippen molar-refractivity contribution in [3.63, 3.8) is 0 Å². The fourth-order valence-electron chi connectivity index (χ4n) is 3.37. The Bertz CT molecular complexity index is 1060. The minimum atomic E-state index is -3.89. The van der Waals surface area contributed by atoms with Gasteiger partial charge in [-0.15, -0.1) is 0 Å². The minimum absolute atomic E-state index is 0.0173. The standard InChI is InChI=1S/C19H19FN4O3S2/c20-14-7-5-13(6-8-14)15-9-10-21-11-17(15)27-16-3-1-2-4-18(16)29(25,26)24-19-22-12-23-28-19/h1-8,12,15,17,21H,9-11H2,(H,22,23,24)/t15-,17+/m0/s1. The highest BCUT2D eigenvalue weighted by Crippen LogP contribution is 2.32. The Hall–Kier alpha value is -2.56. The van der Waals surface area contributed by atoms with Crippen molar-refractivity contribution in [3.05, 3.63) is 66.2 Å². The number of anilines is 1. The van der Waals surface area contributed by atoms with Crippen molar-refractivity contribution in [2.75, 3.05) is 17.8 Å². The molecule has 1 aliphatic rings. The third kappa shape index (κ3) is 4.55. The van der Waals surface area contributed by atoms with E-state index in [1.54, 1.807) is 30.3 Å². The van der Waals surface area contributed by atoms with Crippen molar-refractivity contribution in [1.29, 1.82) is 0 Å². The van der Waals surface area contributed by atoms with Crippen molar-refractivity contribution in [3.8, 4) is 5.75 Å². The van der Waals surface area contributed by atoms with Crippen LogP contribution in [0, 0.1) is 5.82 Å². The van der Waals surface area contributed by atoms with E-state index in [-0.39, 0.29) is 33.6 Å². The predicted molar refractivity (Wildman–Crippen MR) is 108 cm³/mol. The molecular weight excluding hydrogens is 415 g/mol. The van der Waals surface area contributed by atoms with Gasteiger partial charge >= 0.3 is 0 Å². The zero-order valence-electron chi connectivity index (χ0n) is 15.3. The molecule has 2 N–H and O–H groups in total. The molecule has 0 spiro atoms. The lowest BCUT2D eigenvalue weighted by molar-refractivity contribution is 0.138. The van der Waals surface area contributed by atoms with Crippen LogP contribution in [0.3, 0.4) is 0 Å². The van der Waals surface area contributed by atoms with E-state index in [1.807, 2.05) is 0 Å². The first-order chi connectivity index (χ1) is 14.0. The van der Waals surface area contributed by atoms with E-state index < -0.39 is 10.0 Å². The number of para-hydroxylation sites is 1. The highest BCUT2D eigenvalue weighted by Gasteiger charge is 2.30. The summed E-state index contributed by atoms with van der Waals surface area (Å²) in [5.74, 6) is -0.0200. The van der Waals surface area contributed by atoms with E-state index in [9.17, 15) is 12.8 Å². The molecule has 10 heteroatoms. The van der Waals surface area contributed by atoms with Crippen molar-refractivity contribution in [2.45, 2.75) is 23.3 Å². The van der Waals surface area contributed by atoms with E-state index in [2.05, 4.69) is 19.4 Å². The smallest absolute Gasteiger partial charge is 0.267 e. The third-order valence-electron chi connectivity index (χ3n) is 4.72. The Morgan fingerprint density at radius 2 is 1.97 bits per heavy atom. The van der Waals surface area contributed by atoms with E-state index in [4.69, 9.17) is 4.74 Å². The number of hydrogen-bond acceptors (Lipinski definition) is 7. The van der Waals surface area contributed by atoms with Gasteiger partial charge in [-0.1, -0.05) is 24.3 Å². The molecule has 7 nitrogen and oxygen atoms in total. The molecule has 1 aromatic heterocycles. The zero-order valence-corrected chi connectivity index (χ0v) is 16.9. The number of rotatable bonds is 6. The lowest BCUT2D eigenvalue weighted by atomic mass is 9.88. The molecular formula is C19H19FN4O3S2. The zero-order chi connectivity index (χ0) is 20.3. The Labute approximate surface area is 172 Å². The molecule has 3 aromatic rings. The molecule has 2 aromatic carbocycles. The van der Waals surface area contributed by atoms with Gasteiger partial charge in [0.2, 0.25) is 5.13 Å². The molecule has 0 saturated carbocycles. The Morgan fingerprint density at radius 1 is 1.17 bits per heavy atom. The van der Waals surface area contributed by atoms with Crippen LogP contribution in [-0.4, -0.2) is 37.0 Å². The summed E-state index contributed by atoms with van der Waals surface area (Å²) in [4.78, 5) is 3.89. The van der Waals surface area contributed by atoms with E-state index >= 15 is 0 Å². The summed E-state index contributed by atoms with van der Waals surface area (Å²) in [6.07, 6.45) is 1.78. The van der Waals surface area contributed by atoms with Gasteiger partial charge in [-0.05, 0) is 42.8 Å². The van der Waals surface area contributed by atoms with E-state index in [0.717, 1.165) is 30.1 Å². The van der Waals surface area contributed by atoms with Gasteiger partial charge < -0.3 is 10.1 Å². The molecule has 2 heterocycles. The average molecular weight is 435 g/mol. The van der Waals surface area contributed by atoms with Gasteiger partial charge in [0.1, 0.15) is 28.9 Å². The Kier molecular flexibility index (Phi) is 5.74. The number of sulfonamides is 1. The number of nitrogens with zero attached hydrogens (tertiary/aromatic N) is 2. The maximum absolute atomic E-state index is 13.3. The molecule has 0 bridgehead atoms. The van der Waals surface area contributed by atoms with Gasteiger partial charge in [0.05, 0.1) is 0 Å². The predicted octanol–water partition coefficient (Wildman–Crippen LogP) is 3.00. The first-order valence-electron chi connectivity index (χ1n) is 9.04. The van der Waals surface area contributed by atoms with Crippen molar-refractivity contribution >= 4 is 26.7 Å². The Balaban J connectivity index is 1.61. The number of nitrogens with one attached hydrogen (secondary N) is 2. The summed E-state index contributed by atoms with van der Waals surface area (Å²) in [6, 6.07) is 12.8. The second-order valence-electron chi connectivity index (χ2n) is 6.61. The van der Waals surface area contributed by atoms with Crippen LogP contribution < -0.4 is 14.8 Å². The van der Waals surface area contributed by atoms with Crippen LogP contribution in [0.1, 0.15) is 17.9 Å². The molecule has 0 radical (unpaired) electrons. The van der Waals surface area contributed by atoms with Crippen LogP contribution in [0.25, 0.3) is 0 Å². The van der Waals surface area contributed by atoms with Crippen LogP contribution in [0.5, 0.6) is 5.75 Å². The Morgan fingerprint density at radius 3 is 2.72 bits per heavy atom. The second kappa shape index (κ2) is 8.44. The first kappa shape index (κ1) is 19.7. The number of piperidine rings is 1. The second-order valence-corrected chi connectivity index (χ2v) is 9.04. The summed E-state index contributed by atoms with van der Waals surface area (Å²) in [6.45, 7) is 1.36. The summed E-state index contributed by atoms with van der Waals surface area (Å²) < 4.78 is 51.4. The number of benzene rings is 2. The first-order valence-corrected chi connectivity index (χ1v) is 11.3. The van der Waals surface area contributed by atoms with Crippen LogP contribution in [0.15, 0.2) is 59.8 Å². The molecule has 1 saturated heterocycles. The fourth-order valence-corrected chi connectivity index (χ4v) is 5.16. The highest BCUT2D eigenvalue weighted by atomic mass is 32.2. The lowest BCUT2D eigenvalue weighted by Crippen LogP contribution is -2.43. The molecule has 0 amide bonds. The molecule has 1 aliphatic heterocycles. The lowest BCUT2D eigenvalue weighted by Gasteiger charge is -2.33. The summed E-state index contributed by atoms with van der Waals surface area (Å²) in [5, 5.41) is 3.46. The molecule has 4 rings (SSSR count). The quantitative estimate of drug-likeness (QED) is 0.620. The third-order valence-corrected chi connectivity index (χ3v) is 6.81. The fraction of sp³-hybridized carbons (Fsp3) is 0.263. The topological polar surface area (TPSA) is 93.2 Å². The number of hydrogen-bond donors (Lipinski definition) is 2. The van der Waals surface area contributed by atoms with Gasteiger partial charge in [-0.3, -0.25) is 4.72 Å². The molecule has 1 fully saturated rings. The summed E-state index contributed by atoms with van der Waals surface area (Å²) in [5.41, 5.74) is 0.963. The molecule has 29 heavy (non-hydrogen) atoms. The highest BCUT2D eigenvalue weighted by molar-refractivity contribution is 7.93. The number of aromatic nitrogens is 2. The largest absolute Gasteiger partial charge is 0.487 e. The monoisotopic (exact) mass is 434 g/mol. The van der Waals surface area contributed by atoms with Gasteiger partial charge in [0.25, 0.3) is 10.0 Å². The van der Waals surface area contributed by atoms with Gasteiger partial charge in [-0.2, -0.15) is 4.37 Å². The maximum Gasteiger partial charge on any atom is 0.267 e. The molecule has 152 valence electrons. The number of ether oxygens (including phenoxy) is 1. The maximum atomic E-state index is 13.3. The summed E-state index contributed by atoms with van der Waals surface area (Å²) >= 11 is 0.952. The van der Waals surface area contributed by atoms with Crippen LogP contribution >= 0.6 is 11.5 Å². The normalized spacial score (nSPS) is 19.6. The van der Waals surface area contributed by atoms with E-state index in [1.165, 1.54) is 24.5 Å².